The highest BCUT2D eigenvalue weighted by molar-refractivity contribution is 9.10. The summed E-state index contributed by atoms with van der Waals surface area (Å²) in [6.07, 6.45) is -4.43. The fraction of sp³-hybridized carbons (Fsp3) is 0.423. The van der Waals surface area contributed by atoms with Crippen LogP contribution in [0.4, 0.5) is 13.2 Å². The third kappa shape index (κ3) is 6.67. The smallest absolute Gasteiger partial charge is 0.435 e. The highest BCUT2D eigenvalue weighted by Gasteiger charge is 2.46. The molecule has 1 aromatic carbocycles. The number of furan rings is 1. The number of halogens is 4. The highest BCUT2D eigenvalue weighted by Crippen LogP contribution is 2.48. The number of hydrogen-bond donors (Lipinski definition) is 1. The molecule has 4 rings (SSSR count). The van der Waals surface area contributed by atoms with Crippen molar-refractivity contribution >= 4 is 27.9 Å². The van der Waals surface area contributed by atoms with Gasteiger partial charge in [0.2, 0.25) is 12.2 Å². The molecule has 0 amide bonds. The molecule has 3 heterocycles. The number of aliphatic hydroxyl groups excluding tert-OH is 1. The number of ether oxygens (including phenoxy) is 4. The molecule has 3 aromatic rings. The minimum Gasteiger partial charge on any atom is -0.469 e. The van der Waals surface area contributed by atoms with E-state index in [1.54, 1.807) is 26.0 Å². The largest absolute Gasteiger partial charge is 0.469 e. The van der Waals surface area contributed by atoms with Crippen LogP contribution in [0.5, 0.6) is 5.88 Å². The van der Waals surface area contributed by atoms with E-state index in [2.05, 4.69) is 21.0 Å². The van der Waals surface area contributed by atoms with E-state index in [1.807, 2.05) is 0 Å². The molecule has 1 N–H and O–H groups in total. The van der Waals surface area contributed by atoms with Gasteiger partial charge in [-0.1, -0.05) is 15.9 Å². The van der Waals surface area contributed by atoms with Crippen molar-refractivity contribution in [3.05, 3.63) is 65.2 Å². The Morgan fingerprint density at radius 1 is 1.12 bits per heavy atom. The first-order valence-corrected chi connectivity index (χ1v) is 13.0. The average molecular weight is 631 g/mol. The van der Waals surface area contributed by atoms with Crippen molar-refractivity contribution in [2.24, 2.45) is 0 Å². The fourth-order valence-electron chi connectivity index (χ4n) is 4.01. The van der Waals surface area contributed by atoms with E-state index in [4.69, 9.17) is 28.5 Å². The Hall–Kier alpha value is -3.36. The van der Waals surface area contributed by atoms with Gasteiger partial charge in [-0.05, 0) is 50.2 Å². The number of alkyl halides is 4. The molecule has 40 heavy (non-hydrogen) atoms. The second-order valence-electron chi connectivity index (χ2n) is 9.21. The molecular formula is C26H26BrF3N2O8. The normalized spacial score (nSPS) is 17.2. The topological polar surface area (TPSA) is 122 Å². The molecule has 0 unspecified atom stereocenters. The Morgan fingerprint density at radius 3 is 2.42 bits per heavy atom. The third-order valence-electron chi connectivity index (χ3n) is 5.83. The number of esters is 2. The summed E-state index contributed by atoms with van der Waals surface area (Å²) in [5.41, 5.74) is -1.06. The molecule has 2 aromatic heterocycles. The second-order valence-corrected chi connectivity index (χ2v) is 11.2. The number of aliphatic hydroxyl groups is 1. The number of fused-ring (bicyclic) bond motifs is 1. The van der Waals surface area contributed by atoms with Crippen molar-refractivity contribution in [3.8, 4) is 11.6 Å². The zero-order valence-corrected chi connectivity index (χ0v) is 23.0. The van der Waals surface area contributed by atoms with E-state index >= 15 is 0 Å². The fourth-order valence-corrected chi connectivity index (χ4v) is 4.12. The number of hydrogen-bond acceptors (Lipinski definition) is 9. The van der Waals surface area contributed by atoms with E-state index < -0.39 is 40.3 Å². The average Bonchev–Trinajstić information content (AvgIpc) is 3.57. The Morgan fingerprint density at radius 2 is 1.82 bits per heavy atom. The highest BCUT2D eigenvalue weighted by atomic mass is 79.9. The molecule has 0 spiro atoms. The van der Waals surface area contributed by atoms with Crippen LogP contribution >= 0.6 is 15.9 Å². The molecule has 0 saturated carbocycles. The standard InChI is InChI=1S/C26H26BrF3N2O8/c1-25(2,27)24(35)39-13-12-38-23(34)15-5-7-16(8-6-15)32-22-20(21(31-32)26(28,29)30)17(18-4-3-10-36-18)14-19(40-22)37-11-9-33/h3-8,10,17,19,33H,9,11-14H2,1-2H3/t17-,19-/m1/s1. The summed E-state index contributed by atoms with van der Waals surface area (Å²) in [6, 6.07) is 8.62. The van der Waals surface area contributed by atoms with Crippen molar-refractivity contribution < 1.29 is 51.2 Å². The minimum absolute atomic E-state index is 0.00249. The summed E-state index contributed by atoms with van der Waals surface area (Å²) >= 11 is 3.17. The van der Waals surface area contributed by atoms with E-state index in [9.17, 15) is 22.8 Å². The first-order valence-electron chi connectivity index (χ1n) is 12.2. The van der Waals surface area contributed by atoms with E-state index in [-0.39, 0.29) is 61.3 Å². The molecule has 0 fully saturated rings. The lowest BCUT2D eigenvalue weighted by Gasteiger charge is -2.30. The Balaban J connectivity index is 1.59. The molecule has 10 nitrogen and oxygen atoms in total. The summed E-state index contributed by atoms with van der Waals surface area (Å²) in [5.74, 6) is -2.04. The SMILES string of the molecule is CC(C)(Br)C(=O)OCCOC(=O)c1ccc(-n2nc(C(F)(F)F)c3c2O[C@@H](OCCO)C[C@@H]3c2ccco2)cc1. The summed E-state index contributed by atoms with van der Waals surface area (Å²) < 4.78 is 69.4. The Labute approximate surface area is 235 Å². The molecule has 0 bridgehead atoms. The lowest BCUT2D eigenvalue weighted by Crippen LogP contribution is -2.31. The zero-order chi connectivity index (χ0) is 29.1. The number of rotatable bonds is 10. The predicted molar refractivity (Wildman–Crippen MR) is 135 cm³/mol. The molecule has 0 radical (unpaired) electrons. The maximum absolute atomic E-state index is 14.1. The van der Waals surface area contributed by atoms with Crippen LogP contribution in [0.15, 0.2) is 47.1 Å². The quantitative estimate of drug-likeness (QED) is 0.194. The maximum Gasteiger partial charge on any atom is 0.435 e. The second kappa shape index (κ2) is 12.0. The van der Waals surface area contributed by atoms with E-state index in [0.29, 0.717) is 0 Å². The number of carbonyl (C=O) groups excluding carboxylic acids is 2. The first-order chi connectivity index (χ1) is 18.9. The van der Waals surface area contributed by atoms with Crippen LogP contribution in [0.25, 0.3) is 5.69 Å². The van der Waals surface area contributed by atoms with Crippen LogP contribution in [0.1, 0.15) is 53.6 Å². The molecule has 1 aliphatic heterocycles. The van der Waals surface area contributed by atoms with Gasteiger partial charge >= 0.3 is 18.1 Å². The van der Waals surface area contributed by atoms with E-state index in [1.165, 1.54) is 30.5 Å². The van der Waals surface area contributed by atoms with Crippen molar-refractivity contribution in [2.45, 2.75) is 43.0 Å². The number of nitrogens with zero attached hydrogens (tertiary/aromatic N) is 2. The van der Waals surface area contributed by atoms with Gasteiger partial charge in [-0.2, -0.15) is 18.3 Å². The van der Waals surface area contributed by atoms with Crippen LogP contribution in [0, 0.1) is 0 Å². The van der Waals surface area contributed by atoms with Gasteiger partial charge in [-0.3, -0.25) is 4.79 Å². The summed E-state index contributed by atoms with van der Waals surface area (Å²) in [5, 5.41) is 13.0. The Bertz CT molecular complexity index is 1320. The maximum atomic E-state index is 14.1. The van der Waals surface area contributed by atoms with Crippen molar-refractivity contribution in [1.82, 2.24) is 9.78 Å². The van der Waals surface area contributed by atoms with Gasteiger partial charge in [0.25, 0.3) is 0 Å². The monoisotopic (exact) mass is 630 g/mol. The van der Waals surface area contributed by atoms with Gasteiger partial charge in [-0.15, -0.1) is 0 Å². The molecule has 2 atom stereocenters. The summed E-state index contributed by atoms with van der Waals surface area (Å²) in [4.78, 5) is 24.2. The van der Waals surface area contributed by atoms with Gasteiger partial charge in [0.05, 0.1) is 42.2 Å². The van der Waals surface area contributed by atoms with E-state index in [0.717, 1.165) is 4.68 Å². The molecule has 1 aliphatic rings. The lowest BCUT2D eigenvalue weighted by molar-refractivity contribution is -0.146. The molecule has 0 saturated heterocycles. The first kappa shape index (κ1) is 29.6. The minimum atomic E-state index is -4.81. The van der Waals surface area contributed by atoms with Crippen molar-refractivity contribution in [2.75, 3.05) is 26.4 Å². The van der Waals surface area contributed by atoms with Crippen LogP contribution in [-0.4, -0.2) is 63.9 Å². The predicted octanol–water partition coefficient (Wildman–Crippen LogP) is 4.61. The van der Waals surface area contributed by atoms with Crippen molar-refractivity contribution in [1.29, 1.82) is 0 Å². The van der Waals surface area contributed by atoms with Crippen molar-refractivity contribution in [3.63, 3.8) is 0 Å². The summed E-state index contributed by atoms with van der Waals surface area (Å²) in [6.45, 7) is 2.50. The van der Waals surface area contributed by atoms with Crippen LogP contribution in [0.2, 0.25) is 0 Å². The number of aromatic nitrogens is 2. The van der Waals surface area contributed by atoms with Crippen LogP contribution < -0.4 is 4.74 Å². The zero-order valence-electron chi connectivity index (χ0n) is 21.4. The number of carbonyl (C=O) groups is 2. The molecular weight excluding hydrogens is 605 g/mol. The third-order valence-corrected chi connectivity index (χ3v) is 6.15. The van der Waals surface area contributed by atoms with Gasteiger partial charge in [0, 0.05) is 6.42 Å². The van der Waals surface area contributed by atoms with Gasteiger partial charge < -0.3 is 28.5 Å². The molecule has 0 aliphatic carbocycles. The van der Waals surface area contributed by atoms with Crippen LogP contribution in [-0.2, 0) is 25.2 Å². The van der Waals surface area contributed by atoms with Gasteiger partial charge in [-0.25, -0.2) is 9.48 Å². The summed E-state index contributed by atoms with van der Waals surface area (Å²) in [7, 11) is 0. The van der Waals surface area contributed by atoms with Gasteiger partial charge in [0.15, 0.2) is 5.69 Å². The Kier molecular flexibility index (Phi) is 8.90. The number of benzene rings is 1. The van der Waals surface area contributed by atoms with Gasteiger partial charge in [0.1, 0.15) is 23.3 Å². The molecule has 14 heteroatoms. The lowest BCUT2D eigenvalue weighted by atomic mass is 9.90. The molecule has 216 valence electrons. The van der Waals surface area contributed by atoms with Crippen LogP contribution in [0.3, 0.4) is 0 Å².